The van der Waals surface area contributed by atoms with Crippen molar-refractivity contribution in [2.45, 2.75) is 25.4 Å². The fraction of sp³-hybridized carbons (Fsp3) is 0.667. The normalized spacial score (nSPS) is 28.0. The maximum absolute atomic E-state index is 9.92. The number of β-amino-alcohol motifs (C(OH)–C–C–N with tert-alkyl or cyclic N) is 1. The van der Waals surface area contributed by atoms with Gasteiger partial charge in [-0.3, -0.25) is 0 Å². The van der Waals surface area contributed by atoms with Crippen molar-refractivity contribution in [2.75, 3.05) is 23.7 Å². The van der Waals surface area contributed by atoms with E-state index >= 15 is 0 Å². The Morgan fingerprint density at radius 2 is 2.50 bits per heavy atom. The molecule has 4 nitrogen and oxygen atoms in total. The highest BCUT2D eigenvalue weighted by atomic mass is 32.1. The van der Waals surface area contributed by atoms with Crippen LogP contribution in [0, 0.1) is 0 Å². The van der Waals surface area contributed by atoms with E-state index in [1.807, 2.05) is 6.92 Å². The van der Waals surface area contributed by atoms with E-state index < -0.39 is 5.60 Å². The zero-order chi connectivity index (χ0) is 10.2. The summed E-state index contributed by atoms with van der Waals surface area (Å²) < 4.78 is 0. The van der Waals surface area contributed by atoms with Gasteiger partial charge in [0.1, 0.15) is 5.00 Å². The lowest BCUT2D eigenvalue weighted by molar-refractivity contribution is 0.0449. The van der Waals surface area contributed by atoms with Crippen LogP contribution in [0.25, 0.3) is 0 Å². The van der Waals surface area contributed by atoms with Crippen LogP contribution < -0.4 is 10.6 Å². The van der Waals surface area contributed by atoms with Crippen molar-refractivity contribution in [3.05, 3.63) is 6.20 Å². The summed E-state index contributed by atoms with van der Waals surface area (Å²) in [5.74, 6) is 0. The molecule has 0 bridgehead atoms. The van der Waals surface area contributed by atoms with Crippen molar-refractivity contribution in [3.8, 4) is 0 Å². The molecular weight excluding hydrogens is 198 g/mol. The highest BCUT2D eigenvalue weighted by Gasteiger charge is 2.29. The molecule has 0 aliphatic carbocycles. The summed E-state index contributed by atoms with van der Waals surface area (Å²) in [7, 11) is 0. The molecule has 3 N–H and O–H groups in total. The van der Waals surface area contributed by atoms with Crippen molar-refractivity contribution < 1.29 is 5.11 Å². The molecule has 5 heteroatoms. The number of rotatable bonds is 1. The highest BCUT2D eigenvalue weighted by Crippen LogP contribution is 2.29. The second-order valence-corrected chi connectivity index (χ2v) is 5.11. The SMILES string of the molecule is CC1(O)CCCN(c2ncc(N)s2)C1. The van der Waals surface area contributed by atoms with E-state index in [0.717, 1.165) is 29.5 Å². The van der Waals surface area contributed by atoms with E-state index in [9.17, 15) is 5.11 Å². The minimum atomic E-state index is -0.585. The summed E-state index contributed by atoms with van der Waals surface area (Å²) in [4.78, 5) is 6.32. The molecule has 1 unspecified atom stereocenters. The monoisotopic (exact) mass is 213 g/mol. The zero-order valence-electron chi connectivity index (χ0n) is 8.23. The second-order valence-electron chi connectivity index (χ2n) is 4.07. The molecule has 0 aromatic carbocycles. The topological polar surface area (TPSA) is 62.4 Å². The molecule has 14 heavy (non-hydrogen) atoms. The molecule has 78 valence electrons. The zero-order valence-corrected chi connectivity index (χ0v) is 9.05. The van der Waals surface area contributed by atoms with Crippen LogP contribution in [-0.4, -0.2) is 28.8 Å². The van der Waals surface area contributed by atoms with Gasteiger partial charge in [-0.25, -0.2) is 4.98 Å². The summed E-state index contributed by atoms with van der Waals surface area (Å²) >= 11 is 1.48. The number of thiazole rings is 1. The molecule has 0 saturated carbocycles. The first-order chi connectivity index (χ1) is 6.57. The molecule has 2 rings (SSSR count). The van der Waals surface area contributed by atoms with E-state index in [0.29, 0.717) is 6.54 Å². The van der Waals surface area contributed by atoms with E-state index in [1.54, 1.807) is 6.20 Å². The van der Waals surface area contributed by atoms with Crippen molar-refractivity contribution in [2.24, 2.45) is 0 Å². The lowest BCUT2D eigenvalue weighted by Crippen LogP contribution is -2.46. The molecule has 1 saturated heterocycles. The average molecular weight is 213 g/mol. The molecule has 1 fully saturated rings. The van der Waals surface area contributed by atoms with Gasteiger partial charge in [0.05, 0.1) is 11.8 Å². The van der Waals surface area contributed by atoms with Crippen LogP contribution in [0.3, 0.4) is 0 Å². The Kier molecular flexibility index (Phi) is 2.36. The largest absolute Gasteiger partial charge is 0.389 e. The van der Waals surface area contributed by atoms with Crippen LogP contribution in [0.15, 0.2) is 6.20 Å². The van der Waals surface area contributed by atoms with Gasteiger partial charge in [0, 0.05) is 13.1 Å². The number of nitrogens with two attached hydrogens (primary N) is 1. The van der Waals surface area contributed by atoms with Crippen molar-refractivity contribution in [1.29, 1.82) is 0 Å². The Bertz CT molecular complexity index is 324. The lowest BCUT2D eigenvalue weighted by atomic mass is 9.96. The summed E-state index contributed by atoms with van der Waals surface area (Å²) in [6.07, 6.45) is 3.54. The third kappa shape index (κ3) is 1.99. The average Bonchev–Trinajstić information content (AvgIpc) is 2.50. The smallest absolute Gasteiger partial charge is 0.187 e. The van der Waals surface area contributed by atoms with Crippen molar-refractivity contribution in [3.63, 3.8) is 0 Å². The van der Waals surface area contributed by atoms with Crippen LogP contribution in [-0.2, 0) is 0 Å². The number of piperidine rings is 1. The highest BCUT2D eigenvalue weighted by molar-refractivity contribution is 7.19. The predicted molar refractivity (Wildman–Crippen MR) is 58.6 cm³/mol. The maximum atomic E-state index is 9.92. The van der Waals surface area contributed by atoms with E-state index in [-0.39, 0.29) is 0 Å². The standard InChI is InChI=1S/C9H15N3OS/c1-9(13)3-2-4-12(6-9)8-11-5-7(10)14-8/h5,13H,2-4,6,10H2,1H3. The Morgan fingerprint density at radius 1 is 1.71 bits per heavy atom. The summed E-state index contributed by atoms with van der Waals surface area (Å²) in [5.41, 5.74) is 5.04. The molecule has 0 radical (unpaired) electrons. The van der Waals surface area contributed by atoms with Crippen LogP contribution >= 0.6 is 11.3 Å². The number of nitrogens with zero attached hydrogens (tertiary/aromatic N) is 2. The predicted octanol–water partition coefficient (Wildman–Crippen LogP) is 1.08. The minimum absolute atomic E-state index is 0.585. The number of aromatic nitrogens is 1. The van der Waals surface area contributed by atoms with Crippen LogP contribution in [0.2, 0.25) is 0 Å². The molecule has 1 aliphatic heterocycles. The van der Waals surface area contributed by atoms with Crippen molar-refractivity contribution >= 4 is 21.5 Å². The summed E-state index contributed by atoms with van der Waals surface area (Å²) in [6, 6.07) is 0. The summed E-state index contributed by atoms with van der Waals surface area (Å²) in [6.45, 7) is 3.49. The number of hydrogen-bond acceptors (Lipinski definition) is 5. The van der Waals surface area contributed by atoms with Gasteiger partial charge in [-0.05, 0) is 19.8 Å². The van der Waals surface area contributed by atoms with E-state index in [1.165, 1.54) is 11.3 Å². The number of nitrogen functional groups attached to an aromatic ring is 1. The first kappa shape index (κ1) is 9.73. The van der Waals surface area contributed by atoms with Gasteiger partial charge in [-0.1, -0.05) is 11.3 Å². The number of anilines is 2. The van der Waals surface area contributed by atoms with E-state index in [2.05, 4.69) is 9.88 Å². The van der Waals surface area contributed by atoms with E-state index in [4.69, 9.17) is 5.73 Å². The summed E-state index contributed by atoms with van der Waals surface area (Å²) in [5, 5.41) is 11.6. The van der Waals surface area contributed by atoms with Crippen LogP contribution in [0.5, 0.6) is 0 Å². The maximum Gasteiger partial charge on any atom is 0.187 e. The Morgan fingerprint density at radius 3 is 3.07 bits per heavy atom. The third-order valence-electron chi connectivity index (χ3n) is 2.46. The van der Waals surface area contributed by atoms with Gasteiger partial charge in [-0.15, -0.1) is 0 Å². The molecule has 1 aromatic rings. The molecule has 1 aliphatic rings. The molecule has 2 heterocycles. The third-order valence-corrected chi connectivity index (χ3v) is 3.34. The number of aliphatic hydroxyl groups is 1. The molecule has 0 spiro atoms. The molecule has 0 amide bonds. The Hall–Kier alpha value is -0.810. The second kappa shape index (κ2) is 3.40. The van der Waals surface area contributed by atoms with Gasteiger partial charge >= 0.3 is 0 Å². The van der Waals surface area contributed by atoms with Gasteiger partial charge < -0.3 is 15.7 Å². The van der Waals surface area contributed by atoms with Crippen LogP contribution in [0.4, 0.5) is 10.1 Å². The van der Waals surface area contributed by atoms with Crippen LogP contribution in [0.1, 0.15) is 19.8 Å². The van der Waals surface area contributed by atoms with Gasteiger partial charge in [0.15, 0.2) is 5.13 Å². The van der Waals surface area contributed by atoms with Gasteiger partial charge in [-0.2, -0.15) is 0 Å². The Balaban J connectivity index is 2.12. The molecule has 1 atom stereocenters. The van der Waals surface area contributed by atoms with Crippen molar-refractivity contribution in [1.82, 2.24) is 4.98 Å². The fourth-order valence-corrected chi connectivity index (χ4v) is 2.51. The van der Waals surface area contributed by atoms with Gasteiger partial charge in [0.25, 0.3) is 0 Å². The molecular formula is C9H15N3OS. The molecule has 1 aromatic heterocycles. The van der Waals surface area contributed by atoms with Gasteiger partial charge in [0.2, 0.25) is 0 Å². The quantitative estimate of drug-likeness (QED) is 0.732. The minimum Gasteiger partial charge on any atom is -0.389 e. The fourth-order valence-electron chi connectivity index (χ4n) is 1.81. The Labute approximate surface area is 87.4 Å². The lowest BCUT2D eigenvalue weighted by Gasteiger charge is -2.36. The number of hydrogen-bond donors (Lipinski definition) is 2. The first-order valence-electron chi connectivity index (χ1n) is 4.75. The first-order valence-corrected chi connectivity index (χ1v) is 5.57.